The summed E-state index contributed by atoms with van der Waals surface area (Å²) in [5.41, 5.74) is 0.856. The number of benzene rings is 2. The first-order chi connectivity index (χ1) is 12.9. The van der Waals surface area contributed by atoms with Gasteiger partial charge in [0.15, 0.2) is 6.10 Å². The van der Waals surface area contributed by atoms with Gasteiger partial charge >= 0.3 is 5.97 Å². The van der Waals surface area contributed by atoms with Crippen molar-refractivity contribution in [3.05, 3.63) is 58.9 Å². The summed E-state index contributed by atoms with van der Waals surface area (Å²) in [5.74, 6) is -1.10. The second-order valence-corrected chi connectivity index (χ2v) is 6.22. The van der Waals surface area contributed by atoms with Crippen LogP contribution < -0.4 is 10.1 Å². The first-order valence-electron chi connectivity index (χ1n) is 8.56. The molecule has 0 spiro atoms. The van der Waals surface area contributed by atoms with Crippen LogP contribution in [-0.4, -0.2) is 24.6 Å². The molecular formula is C20H21ClFNO4. The lowest BCUT2D eigenvalue weighted by atomic mass is 10.1. The van der Waals surface area contributed by atoms with Crippen molar-refractivity contribution < 1.29 is 23.5 Å². The minimum absolute atomic E-state index is 0.0297. The molecule has 0 radical (unpaired) electrons. The van der Waals surface area contributed by atoms with E-state index >= 15 is 0 Å². The average Bonchev–Trinajstić information content (AvgIpc) is 2.63. The highest BCUT2D eigenvalue weighted by Crippen LogP contribution is 2.21. The maximum absolute atomic E-state index is 13.7. The Bertz CT molecular complexity index is 812. The second kappa shape index (κ2) is 9.92. The zero-order valence-electron chi connectivity index (χ0n) is 15.1. The Balaban J connectivity index is 1.87. The molecule has 0 bridgehead atoms. The number of halogens is 2. The summed E-state index contributed by atoms with van der Waals surface area (Å²) in [6.45, 7) is 3.84. The maximum Gasteiger partial charge on any atom is 0.306 e. The first-order valence-corrected chi connectivity index (χ1v) is 8.94. The molecule has 1 N–H and O–H groups in total. The number of para-hydroxylation sites is 1. The SMILES string of the molecule is CCOc1ccccc1CCC(=O)O[C@H](C)C(=O)Nc1ccc(Cl)cc1F. The number of hydrogen-bond donors (Lipinski definition) is 1. The number of rotatable bonds is 8. The predicted octanol–water partition coefficient (Wildman–Crippen LogP) is 4.38. The number of carbonyl (C=O) groups is 2. The standard InChI is InChI=1S/C20H21ClFNO4/c1-3-26-18-7-5-4-6-14(18)8-11-19(24)27-13(2)20(25)23-17-10-9-15(21)12-16(17)22/h4-7,9-10,12-13H,3,8,11H2,1-2H3,(H,23,25)/t13-/m1/s1. The van der Waals surface area contributed by atoms with Crippen molar-refractivity contribution in [1.29, 1.82) is 0 Å². The highest BCUT2D eigenvalue weighted by molar-refractivity contribution is 6.30. The predicted molar refractivity (Wildman–Crippen MR) is 102 cm³/mol. The number of aryl methyl sites for hydroxylation is 1. The molecule has 5 nitrogen and oxygen atoms in total. The lowest BCUT2D eigenvalue weighted by Crippen LogP contribution is -2.30. The van der Waals surface area contributed by atoms with Gasteiger partial charge in [-0.1, -0.05) is 29.8 Å². The van der Waals surface area contributed by atoms with Gasteiger partial charge in [0.1, 0.15) is 11.6 Å². The molecule has 1 amide bonds. The van der Waals surface area contributed by atoms with Crippen LogP contribution in [0.3, 0.4) is 0 Å². The highest BCUT2D eigenvalue weighted by atomic mass is 35.5. The van der Waals surface area contributed by atoms with E-state index in [2.05, 4.69) is 5.32 Å². The van der Waals surface area contributed by atoms with Crippen molar-refractivity contribution in [2.24, 2.45) is 0 Å². The molecule has 2 rings (SSSR count). The lowest BCUT2D eigenvalue weighted by Gasteiger charge is -2.14. The molecule has 0 saturated heterocycles. The quantitative estimate of drug-likeness (QED) is 0.676. The minimum Gasteiger partial charge on any atom is -0.494 e. The van der Waals surface area contributed by atoms with Crippen molar-refractivity contribution >= 4 is 29.2 Å². The Morgan fingerprint density at radius 3 is 2.67 bits per heavy atom. The highest BCUT2D eigenvalue weighted by Gasteiger charge is 2.19. The van der Waals surface area contributed by atoms with Gasteiger partial charge in [0.2, 0.25) is 0 Å². The largest absolute Gasteiger partial charge is 0.494 e. The molecule has 0 unspecified atom stereocenters. The third kappa shape index (κ3) is 6.25. The Hall–Kier alpha value is -2.60. The van der Waals surface area contributed by atoms with E-state index < -0.39 is 23.8 Å². The first kappa shape index (κ1) is 20.7. The van der Waals surface area contributed by atoms with Gasteiger partial charge in [0, 0.05) is 11.4 Å². The van der Waals surface area contributed by atoms with E-state index in [4.69, 9.17) is 21.1 Å². The third-order valence-electron chi connectivity index (χ3n) is 3.74. The van der Waals surface area contributed by atoms with E-state index in [0.717, 1.165) is 17.4 Å². The van der Waals surface area contributed by atoms with Gasteiger partial charge in [-0.3, -0.25) is 9.59 Å². The van der Waals surface area contributed by atoms with Gasteiger partial charge in [-0.15, -0.1) is 0 Å². The third-order valence-corrected chi connectivity index (χ3v) is 3.97. The van der Waals surface area contributed by atoms with Crippen LogP contribution in [0, 0.1) is 5.82 Å². The van der Waals surface area contributed by atoms with Gasteiger partial charge < -0.3 is 14.8 Å². The Morgan fingerprint density at radius 1 is 1.22 bits per heavy atom. The summed E-state index contributed by atoms with van der Waals surface area (Å²) in [6, 6.07) is 11.3. The Morgan fingerprint density at radius 2 is 1.96 bits per heavy atom. The molecule has 2 aromatic rings. The van der Waals surface area contributed by atoms with Crippen LogP contribution in [-0.2, 0) is 20.7 Å². The van der Waals surface area contributed by atoms with Gasteiger partial charge in [0.25, 0.3) is 5.91 Å². The number of ether oxygens (including phenoxy) is 2. The van der Waals surface area contributed by atoms with E-state index in [0.29, 0.717) is 13.0 Å². The second-order valence-electron chi connectivity index (χ2n) is 5.79. The fraction of sp³-hybridized carbons (Fsp3) is 0.300. The number of anilines is 1. The molecule has 0 fully saturated rings. The summed E-state index contributed by atoms with van der Waals surface area (Å²) in [7, 11) is 0. The zero-order chi connectivity index (χ0) is 19.8. The summed E-state index contributed by atoms with van der Waals surface area (Å²) in [5, 5.41) is 2.59. The van der Waals surface area contributed by atoms with Crippen molar-refractivity contribution in [2.45, 2.75) is 32.8 Å². The smallest absolute Gasteiger partial charge is 0.306 e. The van der Waals surface area contributed by atoms with Crippen LogP contribution in [0.15, 0.2) is 42.5 Å². The van der Waals surface area contributed by atoms with Crippen molar-refractivity contribution in [2.75, 3.05) is 11.9 Å². The molecule has 1 atom stereocenters. The topological polar surface area (TPSA) is 64.6 Å². The van der Waals surface area contributed by atoms with Crippen LogP contribution in [0.1, 0.15) is 25.8 Å². The van der Waals surface area contributed by atoms with Gasteiger partial charge in [0.05, 0.1) is 12.3 Å². The number of esters is 1. The molecule has 0 aliphatic heterocycles. The molecule has 7 heteroatoms. The molecule has 0 aromatic heterocycles. The lowest BCUT2D eigenvalue weighted by molar-refractivity contribution is -0.153. The molecule has 0 heterocycles. The van der Waals surface area contributed by atoms with Gasteiger partial charge in [-0.2, -0.15) is 0 Å². The summed E-state index contributed by atoms with van der Waals surface area (Å²) in [6.07, 6.45) is -0.540. The van der Waals surface area contributed by atoms with Gasteiger partial charge in [-0.05, 0) is 50.1 Å². The average molecular weight is 394 g/mol. The van der Waals surface area contributed by atoms with E-state index in [1.165, 1.54) is 19.1 Å². The van der Waals surface area contributed by atoms with Crippen LogP contribution in [0.4, 0.5) is 10.1 Å². The molecule has 0 saturated carbocycles. The number of hydrogen-bond acceptors (Lipinski definition) is 4. The van der Waals surface area contributed by atoms with Crippen LogP contribution in [0.25, 0.3) is 0 Å². The fourth-order valence-electron chi connectivity index (χ4n) is 2.38. The monoisotopic (exact) mass is 393 g/mol. The van der Waals surface area contributed by atoms with Crippen LogP contribution in [0.2, 0.25) is 5.02 Å². The molecule has 144 valence electrons. The molecule has 2 aromatic carbocycles. The number of amides is 1. The Kier molecular flexibility index (Phi) is 7.61. The summed E-state index contributed by atoms with van der Waals surface area (Å²) in [4.78, 5) is 24.1. The zero-order valence-corrected chi connectivity index (χ0v) is 15.9. The molecule has 0 aliphatic carbocycles. The summed E-state index contributed by atoms with van der Waals surface area (Å²) >= 11 is 5.67. The normalized spacial score (nSPS) is 11.6. The van der Waals surface area contributed by atoms with Gasteiger partial charge in [-0.25, -0.2) is 4.39 Å². The molecule has 0 aliphatic rings. The van der Waals surface area contributed by atoms with E-state index in [1.54, 1.807) is 0 Å². The van der Waals surface area contributed by atoms with Crippen LogP contribution >= 0.6 is 11.6 Å². The maximum atomic E-state index is 13.7. The van der Waals surface area contributed by atoms with Crippen molar-refractivity contribution in [3.63, 3.8) is 0 Å². The molecular weight excluding hydrogens is 373 g/mol. The van der Waals surface area contributed by atoms with E-state index in [-0.39, 0.29) is 17.1 Å². The molecule has 27 heavy (non-hydrogen) atoms. The fourth-order valence-corrected chi connectivity index (χ4v) is 2.54. The van der Waals surface area contributed by atoms with Crippen LogP contribution in [0.5, 0.6) is 5.75 Å². The number of carbonyl (C=O) groups excluding carboxylic acids is 2. The Labute approximate surface area is 162 Å². The minimum atomic E-state index is -1.06. The van der Waals surface area contributed by atoms with Crippen molar-refractivity contribution in [1.82, 2.24) is 0 Å². The van der Waals surface area contributed by atoms with E-state index in [1.807, 2.05) is 31.2 Å². The van der Waals surface area contributed by atoms with E-state index in [9.17, 15) is 14.0 Å². The summed E-state index contributed by atoms with van der Waals surface area (Å²) < 4.78 is 24.4. The van der Waals surface area contributed by atoms with Crippen molar-refractivity contribution in [3.8, 4) is 5.75 Å². The number of nitrogens with one attached hydrogen (secondary N) is 1.